The van der Waals surface area contributed by atoms with Gasteiger partial charge in [0.15, 0.2) is 0 Å². The molecule has 4 nitrogen and oxygen atoms in total. The first-order valence-corrected chi connectivity index (χ1v) is 10.7. The monoisotopic (exact) mass is 406 g/mol. The number of benzene rings is 2. The Kier molecular flexibility index (Phi) is 6.06. The van der Waals surface area contributed by atoms with E-state index in [2.05, 4.69) is 11.8 Å². The summed E-state index contributed by atoms with van der Waals surface area (Å²) in [4.78, 5) is 16.6. The van der Waals surface area contributed by atoms with Gasteiger partial charge in [0.25, 0.3) is 5.91 Å². The van der Waals surface area contributed by atoms with E-state index in [1.807, 2.05) is 28.0 Å². The maximum absolute atomic E-state index is 14.0. The molecule has 1 saturated carbocycles. The molecule has 2 aromatic rings. The molecule has 0 atom stereocenters. The second-order valence-corrected chi connectivity index (χ2v) is 8.15. The van der Waals surface area contributed by atoms with Gasteiger partial charge in [0.1, 0.15) is 11.4 Å². The number of amides is 1. The number of hydrogen-bond donors (Lipinski definition) is 1. The summed E-state index contributed by atoms with van der Waals surface area (Å²) in [5.41, 5.74) is 1.14. The van der Waals surface area contributed by atoms with Gasteiger partial charge in [0, 0.05) is 37.3 Å². The SMILES string of the molecule is O=C(c1ccc(C#CC2(O)CCCCC2)cc1)N1CCN(c2ccccc2F)CC1. The number of carbonyl (C=O) groups excluding carboxylic acids is 1. The summed E-state index contributed by atoms with van der Waals surface area (Å²) in [6, 6.07) is 14.0. The molecular weight excluding hydrogens is 379 g/mol. The molecule has 2 aliphatic rings. The largest absolute Gasteiger partial charge is 0.378 e. The molecule has 156 valence electrons. The summed E-state index contributed by atoms with van der Waals surface area (Å²) in [7, 11) is 0. The summed E-state index contributed by atoms with van der Waals surface area (Å²) in [5, 5.41) is 10.5. The minimum Gasteiger partial charge on any atom is -0.378 e. The van der Waals surface area contributed by atoms with Crippen LogP contribution < -0.4 is 4.90 Å². The number of halogens is 1. The van der Waals surface area contributed by atoms with Crippen molar-refractivity contribution in [1.29, 1.82) is 0 Å². The molecule has 5 heteroatoms. The van der Waals surface area contributed by atoms with Gasteiger partial charge in [-0.05, 0) is 62.1 Å². The van der Waals surface area contributed by atoms with Crippen molar-refractivity contribution in [2.45, 2.75) is 37.7 Å². The lowest BCUT2D eigenvalue weighted by molar-refractivity contribution is 0.0610. The highest BCUT2D eigenvalue weighted by molar-refractivity contribution is 5.94. The van der Waals surface area contributed by atoms with Crippen molar-refractivity contribution in [3.8, 4) is 11.8 Å². The van der Waals surface area contributed by atoms with Crippen molar-refractivity contribution >= 4 is 11.6 Å². The molecule has 1 saturated heterocycles. The van der Waals surface area contributed by atoms with E-state index >= 15 is 0 Å². The van der Waals surface area contributed by atoms with Crippen LogP contribution in [0.3, 0.4) is 0 Å². The molecule has 2 aromatic carbocycles. The highest BCUT2D eigenvalue weighted by Crippen LogP contribution is 2.27. The van der Waals surface area contributed by atoms with Crippen LogP contribution in [0, 0.1) is 17.7 Å². The van der Waals surface area contributed by atoms with E-state index in [9.17, 15) is 14.3 Å². The van der Waals surface area contributed by atoms with Crippen molar-refractivity contribution in [2.75, 3.05) is 31.1 Å². The van der Waals surface area contributed by atoms with E-state index < -0.39 is 5.60 Å². The van der Waals surface area contributed by atoms with Crippen LogP contribution in [0.2, 0.25) is 0 Å². The third kappa shape index (κ3) is 4.66. The molecule has 2 fully saturated rings. The number of carbonyl (C=O) groups is 1. The van der Waals surface area contributed by atoms with Crippen molar-refractivity contribution in [1.82, 2.24) is 4.90 Å². The van der Waals surface area contributed by atoms with E-state index in [1.54, 1.807) is 24.3 Å². The fourth-order valence-electron chi connectivity index (χ4n) is 4.19. The van der Waals surface area contributed by atoms with Gasteiger partial charge in [-0.1, -0.05) is 30.4 Å². The molecule has 1 aliphatic carbocycles. The summed E-state index contributed by atoms with van der Waals surface area (Å²) in [5.74, 6) is 5.84. The van der Waals surface area contributed by atoms with Crippen molar-refractivity contribution < 1.29 is 14.3 Å². The predicted molar refractivity (Wildman–Crippen MR) is 116 cm³/mol. The molecule has 1 amide bonds. The first-order chi connectivity index (χ1) is 14.5. The average Bonchev–Trinajstić information content (AvgIpc) is 2.79. The molecule has 0 spiro atoms. The Morgan fingerprint density at radius 3 is 2.27 bits per heavy atom. The second-order valence-electron chi connectivity index (χ2n) is 8.15. The van der Waals surface area contributed by atoms with Gasteiger partial charge in [-0.3, -0.25) is 4.79 Å². The van der Waals surface area contributed by atoms with Gasteiger partial charge in [-0.25, -0.2) is 4.39 Å². The molecular formula is C25H27FN2O2. The summed E-state index contributed by atoms with van der Waals surface area (Å²) < 4.78 is 14.0. The van der Waals surface area contributed by atoms with Crippen molar-refractivity contribution in [2.24, 2.45) is 0 Å². The van der Waals surface area contributed by atoms with Crippen LogP contribution in [0.5, 0.6) is 0 Å². The molecule has 1 aliphatic heterocycles. The molecule has 4 rings (SSSR count). The number of para-hydroxylation sites is 1. The molecule has 1 N–H and O–H groups in total. The zero-order chi connectivity index (χ0) is 21.0. The first-order valence-electron chi connectivity index (χ1n) is 10.7. The van der Waals surface area contributed by atoms with E-state index in [0.717, 1.165) is 37.7 Å². The summed E-state index contributed by atoms with van der Waals surface area (Å²) in [6.07, 6.45) is 4.66. The van der Waals surface area contributed by atoms with Crippen LogP contribution in [0.15, 0.2) is 48.5 Å². The average molecular weight is 407 g/mol. The number of hydrogen-bond acceptors (Lipinski definition) is 3. The Balaban J connectivity index is 1.36. The third-order valence-corrected chi connectivity index (χ3v) is 6.01. The zero-order valence-corrected chi connectivity index (χ0v) is 17.1. The topological polar surface area (TPSA) is 43.8 Å². The summed E-state index contributed by atoms with van der Waals surface area (Å²) in [6.45, 7) is 2.33. The van der Waals surface area contributed by atoms with E-state index in [1.165, 1.54) is 6.07 Å². The van der Waals surface area contributed by atoms with Crippen LogP contribution in [0.4, 0.5) is 10.1 Å². The number of nitrogens with zero attached hydrogens (tertiary/aromatic N) is 2. The van der Waals surface area contributed by atoms with Gasteiger partial charge < -0.3 is 14.9 Å². The maximum Gasteiger partial charge on any atom is 0.253 e. The van der Waals surface area contributed by atoms with Gasteiger partial charge in [-0.2, -0.15) is 0 Å². The van der Waals surface area contributed by atoms with Crippen LogP contribution in [0.1, 0.15) is 48.0 Å². The van der Waals surface area contributed by atoms with Crippen molar-refractivity contribution in [3.05, 3.63) is 65.5 Å². The molecule has 30 heavy (non-hydrogen) atoms. The quantitative estimate of drug-likeness (QED) is 0.771. The summed E-state index contributed by atoms with van der Waals surface area (Å²) >= 11 is 0. The van der Waals surface area contributed by atoms with E-state index in [-0.39, 0.29) is 11.7 Å². The zero-order valence-electron chi connectivity index (χ0n) is 17.1. The minimum atomic E-state index is -0.870. The lowest BCUT2D eigenvalue weighted by atomic mass is 9.85. The maximum atomic E-state index is 14.0. The van der Waals surface area contributed by atoms with Crippen LogP contribution >= 0.6 is 0 Å². The van der Waals surface area contributed by atoms with Crippen LogP contribution in [-0.4, -0.2) is 47.7 Å². The molecule has 0 radical (unpaired) electrons. The Morgan fingerprint density at radius 1 is 0.933 bits per heavy atom. The van der Waals surface area contributed by atoms with Gasteiger partial charge >= 0.3 is 0 Å². The second kappa shape index (κ2) is 8.89. The van der Waals surface area contributed by atoms with Gasteiger partial charge in [0.2, 0.25) is 0 Å². The molecule has 0 unspecified atom stereocenters. The van der Waals surface area contributed by atoms with Gasteiger partial charge in [0.05, 0.1) is 5.69 Å². The number of anilines is 1. The van der Waals surface area contributed by atoms with Gasteiger partial charge in [-0.15, -0.1) is 0 Å². The first kappa shape index (κ1) is 20.4. The van der Waals surface area contributed by atoms with E-state index in [4.69, 9.17) is 0 Å². The molecule has 0 bridgehead atoms. The standard InChI is InChI=1S/C25H27FN2O2/c26-22-6-2-3-7-23(22)27-16-18-28(19-17-27)24(29)21-10-8-20(9-11-21)12-15-25(30)13-4-1-5-14-25/h2-3,6-11,30H,1,4-5,13-14,16-19H2. The smallest absolute Gasteiger partial charge is 0.253 e. The Morgan fingerprint density at radius 2 is 1.60 bits per heavy atom. The Labute approximate surface area is 177 Å². The normalized spacial score (nSPS) is 18.5. The number of piperazine rings is 1. The van der Waals surface area contributed by atoms with E-state index in [0.29, 0.717) is 37.4 Å². The molecule has 0 aromatic heterocycles. The number of aliphatic hydroxyl groups is 1. The third-order valence-electron chi connectivity index (χ3n) is 6.01. The van der Waals surface area contributed by atoms with Crippen molar-refractivity contribution in [3.63, 3.8) is 0 Å². The predicted octanol–water partition coefficient (Wildman–Crippen LogP) is 3.83. The lowest BCUT2D eigenvalue weighted by Crippen LogP contribution is -2.49. The Hall–Kier alpha value is -2.84. The Bertz CT molecular complexity index is 947. The fourth-order valence-corrected chi connectivity index (χ4v) is 4.19. The highest BCUT2D eigenvalue weighted by atomic mass is 19.1. The highest BCUT2D eigenvalue weighted by Gasteiger charge is 2.26. The lowest BCUT2D eigenvalue weighted by Gasteiger charge is -2.36. The minimum absolute atomic E-state index is 0.0198. The molecule has 1 heterocycles. The van der Waals surface area contributed by atoms with Crippen LogP contribution in [0.25, 0.3) is 0 Å². The fraction of sp³-hybridized carbons (Fsp3) is 0.400. The number of rotatable bonds is 2. The van der Waals surface area contributed by atoms with Crippen LogP contribution in [-0.2, 0) is 0 Å².